The predicted octanol–water partition coefficient (Wildman–Crippen LogP) is 3.12. The van der Waals surface area contributed by atoms with Crippen molar-refractivity contribution < 1.29 is 13.2 Å². The van der Waals surface area contributed by atoms with E-state index in [9.17, 15) is 13.2 Å². The molecule has 4 bridgehead atoms. The molecule has 1 aliphatic heterocycles. The van der Waals surface area contributed by atoms with Crippen LogP contribution in [0.2, 0.25) is 5.02 Å². The number of sulfonamides is 1. The van der Waals surface area contributed by atoms with E-state index < -0.39 is 10.0 Å². The second kappa shape index (κ2) is 8.01. The van der Waals surface area contributed by atoms with Gasteiger partial charge in [-0.3, -0.25) is 9.69 Å². The summed E-state index contributed by atoms with van der Waals surface area (Å²) in [5.41, 5.74) is 0.0137. The number of amides is 1. The molecule has 170 valence electrons. The van der Waals surface area contributed by atoms with Crippen molar-refractivity contribution in [2.75, 3.05) is 26.2 Å². The number of rotatable bonds is 5. The molecule has 1 amide bonds. The molecule has 1 aromatic carbocycles. The molecule has 0 aromatic heterocycles. The lowest BCUT2D eigenvalue weighted by Gasteiger charge is -2.57. The average molecular weight is 466 g/mol. The van der Waals surface area contributed by atoms with Gasteiger partial charge in [0.05, 0.1) is 10.9 Å². The van der Waals surface area contributed by atoms with Crippen molar-refractivity contribution in [2.24, 2.45) is 17.8 Å². The molecule has 1 unspecified atom stereocenters. The normalized spacial score (nSPS) is 34.6. The Morgan fingerprint density at radius 2 is 1.52 bits per heavy atom. The summed E-state index contributed by atoms with van der Waals surface area (Å²) in [6, 6.07) is 6.05. The van der Waals surface area contributed by atoms with E-state index in [1.807, 2.05) is 6.92 Å². The van der Waals surface area contributed by atoms with E-state index in [1.165, 1.54) is 23.6 Å². The lowest BCUT2D eigenvalue weighted by molar-refractivity contribution is -0.132. The predicted molar refractivity (Wildman–Crippen MR) is 120 cm³/mol. The highest BCUT2D eigenvalue weighted by Gasteiger charge is 2.52. The molecule has 5 fully saturated rings. The van der Waals surface area contributed by atoms with Crippen molar-refractivity contribution in [3.63, 3.8) is 0 Å². The molecule has 1 N–H and O–H groups in total. The van der Waals surface area contributed by atoms with Crippen molar-refractivity contribution >= 4 is 27.5 Å². The fourth-order valence-electron chi connectivity index (χ4n) is 6.88. The Morgan fingerprint density at radius 3 is 2.03 bits per heavy atom. The van der Waals surface area contributed by atoms with Crippen molar-refractivity contribution in [1.29, 1.82) is 0 Å². The van der Waals surface area contributed by atoms with Crippen molar-refractivity contribution in [3.05, 3.63) is 29.3 Å². The Morgan fingerprint density at radius 1 is 1.00 bits per heavy atom. The second-order valence-electron chi connectivity index (χ2n) is 10.3. The monoisotopic (exact) mass is 465 g/mol. The SMILES string of the molecule is CC(C(=O)NC12CC3CC(CC(C3)C1)C2)N1CCN(S(=O)(=O)c2ccc(Cl)cc2)CC1. The number of hydrogen-bond acceptors (Lipinski definition) is 4. The van der Waals surface area contributed by atoms with Crippen molar-refractivity contribution in [2.45, 2.75) is 61.9 Å². The number of carbonyl (C=O) groups is 1. The lowest BCUT2D eigenvalue weighted by Crippen LogP contribution is -2.63. The van der Waals surface area contributed by atoms with E-state index in [-0.39, 0.29) is 22.4 Å². The van der Waals surface area contributed by atoms with Crippen LogP contribution in [0.3, 0.4) is 0 Å². The Bertz CT molecular complexity index is 906. The van der Waals surface area contributed by atoms with Crippen LogP contribution in [0.15, 0.2) is 29.2 Å². The van der Waals surface area contributed by atoms with Gasteiger partial charge in [-0.15, -0.1) is 0 Å². The third-order valence-electron chi connectivity index (χ3n) is 8.08. The Kier molecular flexibility index (Phi) is 5.60. The van der Waals surface area contributed by atoms with Crippen molar-refractivity contribution in [1.82, 2.24) is 14.5 Å². The van der Waals surface area contributed by atoms with Crippen LogP contribution in [-0.4, -0.2) is 61.3 Å². The molecular formula is C23H32ClN3O3S. The molecule has 1 saturated heterocycles. The van der Waals surface area contributed by atoms with Gasteiger partial charge in [0.15, 0.2) is 0 Å². The zero-order valence-corrected chi connectivity index (χ0v) is 19.7. The van der Waals surface area contributed by atoms with E-state index in [0.717, 1.165) is 37.0 Å². The molecule has 0 radical (unpaired) electrons. The van der Waals surface area contributed by atoms with Gasteiger partial charge in [-0.1, -0.05) is 11.6 Å². The molecule has 6 rings (SSSR count). The van der Waals surface area contributed by atoms with Crippen LogP contribution in [0.5, 0.6) is 0 Å². The van der Waals surface area contributed by atoms with Gasteiger partial charge in [0.25, 0.3) is 0 Å². The van der Waals surface area contributed by atoms with E-state index >= 15 is 0 Å². The summed E-state index contributed by atoms with van der Waals surface area (Å²) in [4.78, 5) is 15.5. The first kappa shape index (κ1) is 21.7. The van der Waals surface area contributed by atoms with Crippen LogP contribution < -0.4 is 5.32 Å². The maximum atomic E-state index is 13.2. The van der Waals surface area contributed by atoms with Crippen LogP contribution in [0.4, 0.5) is 0 Å². The van der Waals surface area contributed by atoms with E-state index in [2.05, 4.69) is 10.2 Å². The third-order valence-corrected chi connectivity index (χ3v) is 10.2. The maximum absolute atomic E-state index is 13.2. The zero-order chi connectivity index (χ0) is 21.8. The summed E-state index contributed by atoms with van der Waals surface area (Å²) in [7, 11) is -3.54. The van der Waals surface area contributed by atoms with Crippen LogP contribution in [0.25, 0.3) is 0 Å². The van der Waals surface area contributed by atoms with Gasteiger partial charge < -0.3 is 5.32 Å². The molecule has 4 saturated carbocycles. The molecule has 5 aliphatic rings. The van der Waals surface area contributed by atoms with Gasteiger partial charge >= 0.3 is 0 Å². The molecule has 1 aromatic rings. The van der Waals surface area contributed by atoms with Gasteiger partial charge in [0.1, 0.15) is 0 Å². The first-order valence-electron chi connectivity index (χ1n) is 11.6. The summed E-state index contributed by atoms with van der Waals surface area (Å²) in [6.45, 7) is 3.85. The smallest absolute Gasteiger partial charge is 0.243 e. The average Bonchev–Trinajstić information content (AvgIpc) is 2.72. The van der Waals surface area contributed by atoms with Gasteiger partial charge in [0.2, 0.25) is 15.9 Å². The first-order valence-corrected chi connectivity index (χ1v) is 13.4. The van der Waals surface area contributed by atoms with E-state index in [4.69, 9.17) is 11.6 Å². The highest BCUT2D eigenvalue weighted by Crippen LogP contribution is 2.55. The van der Waals surface area contributed by atoms with Crippen LogP contribution in [-0.2, 0) is 14.8 Å². The summed E-state index contributed by atoms with van der Waals surface area (Å²) >= 11 is 5.89. The molecule has 1 heterocycles. The second-order valence-corrected chi connectivity index (χ2v) is 12.6. The van der Waals surface area contributed by atoms with Crippen molar-refractivity contribution in [3.8, 4) is 0 Å². The highest BCUT2D eigenvalue weighted by molar-refractivity contribution is 7.89. The topological polar surface area (TPSA) is 69.7 Å². The molecule has 6 nitrogen and oxygen atoms in total. The molecule has 0 spiro atoms. The summed E-state index contributed by atoms with van der Waals surface area (Å²) in [5, 5.41) is 3.99. The highest BCUT2D eigenvalue weighted by atomic mass is 35.5. The van der Waals surface area contributed by atoms with E-state index in [0.29, 0.717) is 31.2 Å². The minimum Gasteiger partial charge on any atom is -0.349 e. The minimum absolute atomic E-state index is 0.0137. The number of nitrogens with one attached hydrogen (secondary N) is 1. The molecular weight excluding hydrogens is 434 g/mol. The Labute approximate surface area is 190 Å². The molecule has 31 heavy (non-hydrogen) atoms. The van der Waals surface area contributed by atoms with Gasteiger partial charge in [-0.25, -0.2) is 8.42 Å². The standard InChI is InChI=1S/C23H32ClN3O3S/c1-16(22(28)25-23-13-17-10-18(14-23)12-19(11-17)15-23)26-6-8-27(9-7-26)31(29,30)21-4-2-20(24)3-5-21/h2-5,16-19H,6-15H2,1H3,(H,25,28). The van der Waals surface area contributed by atoms with Gasteiger partial charge in [-0.05, 0) is 87.5 Å². The number of nitrogens with zero attached hydrogens (tertiary/aromatic N) is 2. The fourth-order valence-corrected chi connectivity index (χ4v) is 8.43. The quantitative estimate of drug-likeness (QED) is 0.725. The summed E-state index contributed by atoms with van der Waals surface area (Å²) in [5.74, 6) is 2.49. The van der Waals surface area contributed by atoms with Gasteiger partial charge in [-0.2, -0.15) is 4.31 Å². The largest absolute Gasteiger partial charge is 0.349 e. The minimum atomic E-state index is -3.54. The molecule has 1 atom stereocenters. The van der Waals surface area contributed by atoms with Crippen LogP contribution in [0, 0.1) is 17.8 Å². The molecule has 8 heteroatoms. The Balaban J connectivity index is 1.19. The maximum Gasteiger partial charge on any atom is 0.243 e. The summed E-state index contributed by atoms with van der Waals surface area (Å²) < 4.78 is 27.3. The number of benzene rings is 1. The Hall–Kier alpha value is -1.15. The number of carbonyl (C=O) groups excluding carboxylic acids is 1. The van der Waals surface area contributed by atoms with Gasteiger partial charge in [0, 0.05) is 36.7 Å². The lowest BCUT2D eigenvalue weighted by atomic mass is 9.53. The summed E-state index contributed by atoms with van der Waals surface area (Å²) in [6.07, 6.45) is 7.50. The number of halogens is 1. The van der Waals surface area contributed by atoms with Crippen LogP contribution >= 0.6 is 11.6 Å². The number of piperazine rings is 1. The molecule has 4 aliphatic carbocycles. The third kappa shape index (κ3) is 4.14. The van der Waals surface area contributed by atoms with E-state index in [1.54, 1.807) is 24.3 Å². The zero-order valence-electron chi connectivity index (χ0n) is 18.1. The fraction of sp³-hybridized carbons (Fsp3) is 0.696. The van der Waals surface area contributed by atoms with Crippen LogP contribution in [0.1, 0.15) is 45.4 Å². The first-order chi connectivity index (χ1) is 14.7. The number of hydrogen-bond donors (Lipinski definition) is 1.